The highest BCUT2D eigenvalue weighted by molar-refractivity contribution is 5.97. The number of carbonyl (C=O) groups is 2. The molecule has 0 fully saturated rings. The van der Waals surface area contributed by atoms with Crippen molar-refractivity contribution in [3.05, 3.63) is 71.9 Å². The highest BCUT2D eigenvalue weighted by Crippen LogP contribution is 2.45. The van der Waals surface area contributed by atoms with Crippen LogP contribution in [0.25, 0.3) is 0 Å². The summed E-state index contributed by atoms with van der Waals surface area (Å²) < 4.78 is 0. The summed E-state index contributed by atoms with van der Waals surface area (Å²) in [6.07, 6.45) is 14.5. The zero-order chi connectivity index (χ0) is 20.0. The molecule has 0 heterocycles. The first-order valence-corrected chi connectivity index (χ1v) is 8.81. The van der Waals surface area contributed by atoms with E-state index in [2.05, 4.69) is 6.58 Å². The lowest BCUT2D eigenvalue weighted by Gasteiger charge is -2.45. The van der Waals surface area contributed by atoms with Crippen LogP contribution in [0.1, 0.15) is 47.5 Å². The number of ketones is 2. The maximum Gasteiger partial charge on any atom is 0.161 e. The Hall–Kier alpha value is -2.26. The van der Waals surface area contributed by atoms with Crippen LogP contribution < -0.4 is 0 Å². The number of rotatable bonds is 7. The summed E-state index contributed by atoms with van der Waals surface area (Å²) in [5, 5.41) is 11.1. The molecule has 1 aliphatic carbocycles. The van der Waals surface area contributed by atoms with Crippen molar-refractivity contribution in [3.63, 3.8) is 0 Å². The second-order valence-corrected chi connectivity index (χ2v) is 7.55. The van der Waals surface area contributed by atoms with Gasteiger partial charge in [0.25, 0.3) is 0 Å². The second kappa shape index (κ2) is 8.91. The summed E-state index contributed by atoms with van der Waals surface area (Å²) in [6.45, 7) is 12.7. The van der Waals surface area contributed by atoms with Crippen LogP contribution in [-0.4, -0.2) is 22.3 Å². The van der Waals surface area contributed by atoms with E-state index in [1.165, 1.54) is 6.08 Å². The molecule has 0 aromatic heterocycles. The van der Waals surface area contributed by atoms with Crippen molar-refractivity contribution in [2.45, 2.75) is 53.1 Å². The van der Waals surface area contributed by atoms with E-state index < -0.39 is 11.0 Å². The molecule has 0 amide bonds. The Bertz CT molecular complexity index is 727. The predicted octanol–water partition coefficient (Wildman–Crippen LogP) is 4.81. The summed E-state index contributed by atoms with van der Waals surface area (Å²) in [7, 11) is 0. The summed E-state index contributed by atoms with van der Waals surface area (Å²) in [6, 6.07) is 0. The maximum atomic E-state index is 12.6. The van der Waals surface area contributed by atoms with E-state index in [-0.39, 0.29) is 24.4 Å². The van der Waals surface area contributed by atoms with Gasteiger partial charge in [-0.25, -0.2) is 0 Å². The Morgan fingerprint density at radius 3 is 2.46 bits per heavy atom. The third-order valence-electron chi connectivity index (χ3n) is 4.93. The Labute approximate surface area is 157 Å². The van der Waals surface area contributed by atoms with Crippen LogP contribution in [-0.2, 0) is 9.59 Å². The van der Waals surface area contributed by atoms with Crippen LogP contribution in [0.15, 0.2) is 71.9 Å². The maximum absolute atomic E-state index is 12.6. The van der Waals surface area contributed by atoms with E-state index in [0.29, 0.717) is 11.1 Å². The van der Waals surface area contributed by atoms with E-state index in [9.17, 15) is 14.7 Å². The predicted molar refractivity (Wildman–Crippen MR) is 108 cm³/mol. The van der Waals surface area contributed by atoms with Crippen LogP contribution in [0.2, 0.25) is 0 Å². The molecule has 0 radical (unpaired) electrons. The Balaban J connectivity index is 2.90. The monoisotopic (exact) mass is 354 g/mol. The lowest BCUT2D eigenvalue weighted by Crippen LogP contribution is -2.50. The van der Waals surface area contributed by atoms with Gasteiger partial charge in [0.05, 0.1) is 5.60 Å². The molecular weight excluding hydrogens is 324 g/mol. The Morgan fingerprint density at radius 2 is 1.88 bits per heavy atom. The normalized spacial score (nSPS) is 24.2. The molecule has 0 bridgehead atoms. The van der Waals surface area contributed by atoms with Gasteiger partial charge in [-0.3, -0.25) is 9.59 Å². The Kier molecular flexibility index (Phi) is 7.46. The number of carbonyl (C=O) groups excluding carboxylic acids is 2. The van der Waals surface area contributed by atoms with Crippen molar-refractivity contribution < 1.29 is 14.7 Å². The van der Waals surface area contributed by atoms with Gasteiger partial charge in [0.15, 0.2) is 11.6 Å². The molecule has 140 valence electrons. The molecule has 0 aliphatic heterocycles. The van der Waals surface area contributed by atoms with Crippen molar-refractivity contribution in [3.8, 4) is 0 Å². The summed E-state index contributed by atoms with van der Waals surface area (Å²) in [5.74, 6) is -0.131. The first kappa shape index (κ1) is 21.8. The summed E-state index contributed by atoms with van der Waals surface area (Å²) >= 11 is 0. The van der Waals surface area contributed by atoms with Crippen molar-refractivity contribution in [2.24, 2.45) is 5.41 Å². The number of hydrogen-bond donors (Lipinski definition) is 1. The summed E-state index contributed by atoms with van der Waals surface area (Å²) in [4.78, 5) is 24.4. The number of aliphatic hydroxyl groups is 1. The topological polar surface area (TPSA) is 54.4 Å². The lowest BCUT2D eigenvalue weighted by atomic mass is 9.62. The molecule has 3 nitrogen and oxygen atoms in total. The quantitative estimate of drug-likeness (QED) is 0.527. The standard InChI is InChI=1S/C23H30O3/c1-7-8-9-11-17(2)12-10-13-18(3)21(25)16-23(26)19(4)14-20(24)15-22(23,5)6/h7-14,26H,1,15-16H2,2-6H3/b9-8+,12-10+,17-11+,18-13+. The molecule has 3 heteroatoms. The first-order valence-electron chi connectivity index (χ1n) is 8.81. The minimum absolute atomic E-state index is 0.00686. The van der Waals surface area contributed by atoms with E-state index in [4.69, 9.17) is 0 Å². The first-order chi connectivity index (χ1) is 12.0. The zero-order valence-corrected chi connectivity index (χ0v) is 16.5. The molecule has 0 aromatic rings. The second-order valence-electron chi connectivity index (χ2n) is 7.55. The largest absolute Gasteiger partial charge is 0.384 e. The molecule has 0 saturated heterocycles. The fraction of sp³-hybridized carbons (Fsp3) is 0.391. The molecule has 0 saturated carbocycles. The number of allylic oxidation sites excluding steroid dienone is 10. The number of hydrogen-bond acceptors (Lipinski definition) is 3. The fourth-order valence-electron chi connectivity index (χ4n) is 3.06. The van der Waals surface area contributed by atoms with Gasteiger partial charge in [-0.05, 0) is 38.0 Å². The van der Waals surface area contributed by atoms with E-state index in [1.807, 2.05) is 51.2 Å². The molecule has 1 rings (SSSR count). The van der Waals surface area contributed by atoms with Gasteiger partial charge in [0.1, 0.15) is 0 Å². The van der Waals surface area contributed by atoms with E-state index >= 15 is 0 Å². The van der Waals surface area contributed by atoms with Gasteiger partial charge in [0.2, 0.25) is 0 Å². The van der Waals surface area contributed by atoms with Gasteiger partial charge < -0.3 is 5.11 Å². The van der Waals surface area contributed by atoms with Crippen molar-refractivity contribution in [2.75, 3.05) is 0 Å². The van der Waals surface area contributed by atoms with E-state index in [1.54, 1.807) is 26.0 Å². The fourth-order valence-corrected chi connectivity index (χ4v) is 3.06. The molecule has 1 aliphatic rings. The third-order valence-corrected chi connectivity index (χ3v) is 4.93. The molecule has 1 atom stereocenters. The molecular formula is C23H30O3. The molecule has 0 aromatic carbocycles. The van der Waals surface area contributed by atoms with E-state index in [0.717, 1.165) is 5.57 Å². The third kappa shape index (κ3) is 5.37. The van der Waals surface area contributed by atoms with Crippen LogP contribution in [0, 0.1) is 5.41 Å². The highest BCUT2D eigenvalue weighted by Gasteiger charge is 2.49. The van der Waals surface area contributed by atoms with Crippen molar-refractivity contribution in [1.29, 1.82) is 0 Å². The molecule has 1 N–H and O–H groups in total. The van der Waals surface area contributed by atoms with Gasteiger partial charge in [-0.15, -0.1) is 0 Å². The van der Waals surface area contributed by atoms with Crippen molar-refractivity contribution >= 4 is 11.6 Å². The number of Topliss-reactive ketones (excluding diaryl/α,β-unsaturated/α-hetero) is 1. The average molecular weight is 354 g/mol. The Morgan fingerprint density at radius 1 is 1.23 bits per heavy atom. The van der Waals surface area contributed by atoms with Gasteiger partial charge in [0, 0.05) is 18.3 Å². The van der Waals surface area contributed by atoms with Gasteiger partial charge in [-0.2, -0.15) is 0 Å². The van der Waals surface area contributed by atoms with Crippen molar-refractivity contribution in [1.82, 2.24) is 0 Å². The molecule has 26 heavy (non-hydrogen) atoms. The van der Waals surface area contributed by atoms with Crippen LogP contribution in [0.3, 0.4) is 0 Å². The van der Waals surface area contributed by atoms with Gasteiger partial charge in [-0.1, -0.05) is 68.5 Å². The average Bonchev–Trinajstić information content (AvgIpc) is 2.52. The van der Waals surface area contributed by atoms with Crippen LogP contribution in [0.5, 0.6) is 0 Å². The highest BCUT2D eigenvalue weighted by atomic mass is 16.3. The van der Waals surface area contributed by atoms with Crippen LogP contribution in [0.4, 0.5) is 0 Å². The zero-order valence-electron chi connectivity index (χ0n) is 16.5. The molecule has 1 unspecified atom stereocenters. The van der Waals surface area contributed by atoms with Crippen LogP contribution >= 0.6 is 0 Å². The van der Waals surface area contributed by atoms with Gasteiger partial charge >= 0.3 is 0 Å². The molecule has 0 spiro atoms. The lowest BCUT2D eigenvalue weighted by molar-refractivity contribution is -0.132. The SMILES string of the molecule is C=C/C=C/C=C(C)/C=C/C=C(\C)C(=O)CC1(O)C(C)=CC(=O)CC1(C)C. The summed E-state index contributed by atoms with van der Waals surface area (Å²) in [5.41, 5.74) is 0.199. The minimum atomic E-state index is -1.30. The minimum Gasteiger partial charge on any atom is -0.384 e. The smallest absolute Gasteiger partial charge is 0.161 e.